The van der Waals surface area contributed by atoms with E-state index in [9.17, 15) is 0 Å². The van der Waals surface area contributed by atoms with Crippen molar-refractivity contribution in [3.63, 3.8) is 0 Å². The predicted molar refractivity (Wildman–Crippen MR) is 156 cm³/mol. The Morgan fingerprint density at radius 3 is 1.69 bits per heavy atom. The summed E-state index contributed by atoms with van der Waals surface area (Å²) in [5, 5.41) is 4.38. The van der Waals surface area contributed by atoms with E-state index in [2.05, 4.69) is 138 Å². The van der Waals surface area contributed by atoms with E-state index in [4.69, 9.17) is 0 Å². The molecule has 186 valence electrons. The van der Waals surface area contributed by atoms with E-state index in [1.165, 1.54) is 45.4 Å². The number of hydrogen-bond donors (Lipinski definition) is 0. The lowest BCUT2D eigenvalue weighted by Crippen LogP contribution is -3.00. The SMILES string of the molecule is CC(c1ccc2c(c1)C(C)(C)CCC2(C)C)c1ccccc1[PH+](c1ccccc1)c1ccccc1.[Br-]. The summed E-state index contributed by atoms with van der Waals surface area (Å²) in [4.78, 5) is 0. The van der Waals surface area contributed by atoms with Gasteiger partial charge in [0.15, 0.2) is 0 Å². The van der Waals surface area contributed by atoms with Crippen LogP contribution in [0, 0.1) is 0 Å². The lowest BCUT2D eigenvalue weighted by molar-refractivity contribution is -0.00000743. The maximum absolute atomic E-state index is 2.54. The topological polar surface area (TPSA) is 0 Å². The molecule has 0 fully saturated rings. The minimum atomic E-state index is -1.12. The fraction of sp³-hybridized carbons (Fsp3) is 0.294. The van der Waals surface area contributed by atoms with Crippen molar-refractivity contribution in [1.29, 1.82) is 0 Å². The van der Waals surface area contributed by atoms with E-state index >= 15 is 0 Å². The normalized spacial score (nSPS) is 16.6. The summed E-state index contributed by atoms with van der Waals surface area (Å²) in [5.74, 6) is 0.338. The van der Waals surface area contributed by atoms with E-state index in [-0.39, 0.29) is 27.8 Å². The molecule has 0 spiro atoms. The summed E-state index contributed by atoms with van der Waals surface area (Å²) in [5.41, 5.74) is 6.46. The molecule has 4 aromatic carbocycles. The Balaban J connectivity index is 0.00000304. The molecule has 36 heavy (non-hydrogen) atoms. The van der Waals surface area contributed by atoms with Gasteiger partial charge in [-0.2, -0.15) is 0 Å². The average molecular weight is 558 g/mol. The molecule has 0 aliphatic heterocycles. The van der Waals surface area contributed by atoms with Gasteiger partial charge in [-0.3, -0.25) is 0 Å². The monoisotopic (exact) mass is 556 g/mol. The van der Waals surface area contributed by atoms with Gasteiger partial charge < -0.3 is 17.0 Å². The molecule has 4 aromatic rings. The lowest BCUT2D eigenvalue weighted by Gasteiger charge is -2.42. The average Bonchev–Trinajstić information content (AvgIpc) is 2.88. The third kappa shape index (κ3) is 5.11. The van der Waals surface area contributed by atoms with Gasteiger partial charge in [-0.1, -0.05) is 107 Å². The van der Waals surface area contributed by atoms with Crippen LogP contribution in [0.2, 0.25) is 0 Å². The molecule has 5 rings (SSSR count). The summed E-state index contributed by atoms with van der Waals surface area (Å²) in [7, 11) is -1.12. The molecule has 0 bridgehead atoms. The maximum Gasteiger partial charge on any atom is 0.106 e. The first-order valence-corrected chi connectivity index (χ1v) is 14.5. The minimum absolute atomic E-state index is 0. The van der Waals surface area contributed by atoms with E-state index < -0.39 is 7.92 Å². The van der Waals surface area contributed by atoms with Gasteiger partial charge in [0.2, 0.25) is 0 Å². The Morgan fingerprint density at radius 2 is 1.11 bits per heavy atom. The van der Waals surface area contributed by atoms with Crippen LogP contribution >= 0.6 is 7.92 Å². The predicted octanol–water partition coefficient (Wildman–Crippen LogP) is 4.68. The molecule has 0 N–H and O–H groups in total. The Kier molecular flexibility index (Phi) is 7.94. The van der Waals surface area contributed by atoms with Gasteiger partial charge in [0.05, 0.1) is 7.92 Å². The first kappa shape index (κ1) is 26.8. The first-order chi connectivity index (χ1) is 16.8. The highest BCUT2D eigenvalue weighted by Gasteiger charge is 2.37. The van der Waals surface area contributed by atoms with Crippen molar-refractivity contribution in [2.45, 2.75) is 64.2 Å². The van der Waals surface area contributed by atoms with Crippen LogP contribution in [0.1, 0.15) is 75.6 Å². The zero-order valence-electron chi connectivity index (χ0n) is 22.2. The Labute approximate surface area is 229 Å². The van der Waals surface area contributed by atoms with Crippen LogP contribution in [0.15, 0.2) is 103 Å². The van der Waals surface area contributed by atoms with Gasteiger partial charge in [-0.05, 0) is 70.7 Å². The summed E-state index contributed by atoms with van der Waals surface area (Å²) < 4.78 is 0. The molecule has 1 unspecified atom stereocenters. The van der Waals surface area contributed by atoms with Crippen LogP contribution in [0.3, 0.4) is 0 Å². The number of hydrogen-bond acceptors (Lipinski definition) is 0. The van der Waals surface area contributed by atoms with Crippen molar-refractivity contribution in [2.75, 3.05) is 0 Å². The van der Waals surface area contributed by atoms with Gasteiger partial charge in [-0.25, -0.2) is 0 Å². The molecule has 0 nitrogen and oxygen atoms in total. The van der Waals surface area contributed by atoms with Gasteiger partial charge in [0.25, 0.3) is 0 Å². The molecule has 1 atom stereocenters. The molecular formula is C34H38BrP. The van der Waals surface area contributed by atoms with Crippen LogP contribution in [-0.4, -0.2) is 0 Å². The number of benzene rings is 4. The number of fused-ring (bicyclic) bond motifs is 1. The quantitative estimate of drug-likeness (QED) is 0.313. The van der Waals surface area contributed by atoms with Crippen molar-refractivity contribution < 1.29 is 17.0 Å². The van der Waals surface area contributed by atoms with E-state index in [1.807, 2.05) is 0 Å². The van der Waals surface area contributed by atoms with Gasteiger partial charge in [-0.15, -0.1) is 0 Å². The largest absolute Gasteiger partial charge is 1.00 e. The van der Waals surface area contributed by atoms with Crippen molar-refractivity contribution in [3.8, 4) is 0 Å². The third-order valence-electron chi connectivity index (χ3n) is 8.20. The lowest BCUT2D eigenvalue weighted by atomic mass is 9.62. The summed E-state index contributed by atoms with van der Waals surface area (Å²) in [6.45, 7) is 12.1. The fourth-order valence-corrected chi connectivity index (χ4v) is 8.70. The van der Waals surface area contributed by atoms with Crippen LogP contribution in [0.5, 0.6) is 0 Å². The highest BCUT2D eigenvalue weighted by atomic mass is 79.9. The van der Waals surface area contributed by atoms with Crippen molar-refractivity contribution in [2.24, 2.45) is 0 Å². The summed E-state index contributed by atoms with van der Waals surface area (Å²) in [6, 6.07) is 38.8. The standard InChI is InChI=1S/C34H37P.BrH/c1-25(26-20-21-30-31(24-26)34(4,5)23-22-33(30,2)3)29-18-12-13-19-32(29)35(27-14-8-6-9-15-27)28-16-10-7-11-17-28;/h6-21,24-25H,22-23H2,1-5H3;1H. The van der Waals surface area contributed by atoms with E-state index in [0.717, 1.165) is 0 Å². The summed E-state index contributed by atoms with van der Waals surface area (Å²) >= 11 is 0. The molecule has 1 aliphatic carbocycles. The first-order valence-electron chi connectivity index (χ1n) is 13.0. The third-order valence-corrected chi connectivity index (χ3v) is 11.0. The maximum atomic E-state index is 2.54. The van der Waals surface area contributed by atoms with Crippen LogP contribution in [0.4, 0.5) is 0 Å². The fourth-order valence-electron chi connectivity index (χ4n) is 5.84. The second-order valence-corrected chi connectivity index (χ2v) is 13.9. The summed E-state index contributed by atoms with van der Waals surface area (Å²) in [6.07, 6.45) is 2.50. The highest BCUT2D eigenvalue weighted by Crippen LogP contribution is 2.47. The zero-order chi connectivity index (χ0) is 24.6. The molecule has 0 heterocycles. The molecule has 2 heteroatoms. The zero-order valence-corrected chi connectivity index (χ0v) is 24.8. The Hall–Kier alpha value is -2.21. The molecule has 0 saturated carbocycles. The molecule has 0 radical (unpaired) electrons. The van der Waals surface area contributed by atoms with Crippen molar-refractivity contribution >= 4 is 23.8 Å². The molecule has 1 aliphatic rings. The number of rotatable bonds is 5. The second-order valence-electron chi connectivity index (χ2n) is 11.5. The van der Waals surface area contributed by atoms with Crippen LogP contribution < -0.4 is 32.9 Å². The van der Waals surface area contributed by atoms with Crippen molar-refractivity contribution in [3.05, 3.63) is 125 Å². The Bertz CT molecular complexity index is 1270. The molecule has 0 aromatic heterocycles. The highest BCUT2D eigenvalue weighted by molar-refractivity contribution is 7.79. The van der Waals surface area contributed by atoms with Crippen LogP contribution in [-0.2, 0) is 10.8 Å². The minimum Gasteiger partial charge on any atom is -1.00 e. The second kappa shape index (κ2) is 10.6. The molecule has 0 amide bonds. The number of halogens is 1. The van der Waals surface area contributed by atoms with Gasteiger partial charge in [0.1, 0.15) is 15.9 Å². The molecular weight excluding hydrogens is 519 g/mol. The van der Waals surface area contributed by atoms with E-state index in [1.54, 1.807) is 5.56 Å². The van der Waals surface area contributed by atoms with E-state index in [0.29, 0.717) is 5.92 Å². The van der Waals surface area contributed by atoms with Gasteiger partial charge in [0, 0.05) is 11.5 Å². The smallest absolute Gasteiger partial charge is 0.106 e. The Morgan fingerprint density at radius 1 is 0.611 bits per heavy atom. The van der Waals surface area contributed by atoms with Crippen LogP contribution in [0.25, 0.3) is 0 Å². The van der Waals surface area contributed by atoms with Crippen molar-refractivity contribution in [1.82, 2.24) is 0 Å². The van der Waals surface area contributed by atoms with Gasteiger partial charge >= 0.3 is 0 Å². The molecule has 0 saturated heterocycles.